The summed E-state index contributed by atoms with van der Waals surface area (Å²) < 4.78 is 59.9. The Hall–Kier alpha value is -3.43. The van der Waals surface area contributed by atoms with Crippen molar-refractivity contribution in [2.75, 3.05) is 23.3 Å². The minimum absolute atomic E-state index is 0.0227. The first-order valence-corrected chi connectivity index (χ1v) is 11.3. The van der Waals surface area contributed by atoms with Crippen LogP contribution in [0.3, 0.4) is 0 Å². The molecule has 0 atom stereocenters. The topological polar surface area (TPSA) is 75.7 Å². The lowest BCUT2D eigenvalue weighted by Gasteiger charge is -2.25. The monoisotopic (exact) mass is 492 g/mol. The Kier molecular flexibility index (Phi) is 7.35. The first-order chi connectivity index (χ1) is 15.7. The van der Waals surface area contributed by atoms with Gasteiger partial charge in [0.25, 0.3) is 15.9 Å². The molecule has 3 aromatic rings. The van der Waals surface area contributed by atoms with Gasteiger partial charge in [-0.2, -0.15) is 0 Å². The number of ether oxygens (including phenoxy) is 1. The maximum absolute atomic E-state index is 13.5. The van der Waals surface area contributed by atoms with E-state index in [1.54, 1.807) is 24.3 Å². The molecule has 0 aromatic heterocycles. The minimum Gasteiger partial charge on any atom is -0.495 e. The zero-order chi connectivity index (χ0) is 24.2. The van der Waals surface area contributed by atoms with Gasteiger partial charge in [0.1, 0.15) is 5.75 Å². The second kappa shape index (κ2) is 10.0. The van der Waals surface area contributed by atoms with E-state index in [-0.39, 0.29) is 33.4 Å². The zero-order valence-corrected chi connectivity index (χ0v) is 19.0. The van der Waals surface area contributed by atoms with Crippen LogP contribution < -0.4 is 14.4 Å². The molecular formula is C23H19ClF2N2O4S. The Labute approximate surface area is 195 Å². The van der Waals surface area contributed by atoms with Crippen LogP contribution in [0.2, 0.25) is 5.02 Å². The number of rotatable bonds is 8. The lowest BCUT2D eigenvalue weighted by Crippen LogP contribution is -2.31. The van der Waals surface area contributed by atoms with Gasteiger partial charge in [0.15, 0.2) is 11.6 Å². The number of amides is 1. The van der Waals surface area contributed by atoms with Crippen LogP contribution in [0.25, 0.3) is 0 Å². The van der Waals surface area contributed by atoms with Crippen LogP contribution in [0.15, 0.2) is 78.2 Å². The summed E-state index contributed by atoms with van der Waals surface area (Å²) in [7, 11) is -2.76. The smallest absolute Gasteiger partial charge is 0.264 e. The summed E-state index contributed by atoms with van der Waals surface area (Å²) >= 11 is 6.13. The minimum atomic E-state index is -4.17. The van der Waals surface area contributed by atoms with Gasteiger partial charge in [0, 0.05) is 11.8 Å². The van der Waals surface area contributed by atoms with Crippen LogP contribution in [0.4, 0.5) is 20.2 Å². The normalized spacial score (nSPS) is 11.0. The molecule has 6 nitrogen and oxygen atoms in total. The van der Waals surface area contributed by atoms with Gasteiger partial charge >= 0.3 is 0 Å². The van der Waals surface area contributed by atoms with E-state index < -0.39 is 27.6 Å². The molecule has 172 valence electrons. The Morgan fingerprint density at radius 1 is 1.12 bits per heavy atom. The average molecular weight is 493 g/mol. The van der Waals surface area contributed by atoms with E-state index in [9.17, 15) is 22.0 Å². The third-order valence-electron chi connectivity index (χ3n) is 4.60. The van der Waals surface area contributed by atoms with Crippen LogP contribution >= 0.6 is 11.6 Å². The highest BCUT2D eigenvalue weighted by molar-refractivity contribution is 7.92. The van der Waals surface area contributed by atoms with E-state index in [1.165, 1.54) is 25.3 Å². The van der Waals surface area contributed by atoms with Gasteiger partial charge in [-0.3, -0.25) is 9.10 Å². The van der Waals surface area contributed by atoms with E-state index in [0.29, 0.717) is 5.75 Å². The van der Waals surface area contributed by atoms with Gasteiger partial charge in [0.05, 0.1) is 34.8 Å². The van der Waals surface area contributed by atoms with E-state index in [2.05, 4.69) is 11.9 Å². The Balaban J connectivity index is 2.01. The molecule has 0 unspecified atom stereocenters. The molecule has 1 N–H and O–H groups in total. The number of nitrogens with zero attached hydrogens (tertiary/aromatic N) is 1. The van der Waals surface area contributed by atoms with Crippen molar-refractivity contribution < 1.29 is 26.7 Å². The van der Waals surface area contributed by atoms with Crippen LogP contribution in [0.1, 0.15) is 10.4 Å². The van der Waals surface area contributed by atoms with Gasteiger partial charge in [-0.05, 0) is 42.5 Å². The first kappa shape index (κ1) is 24.2. The number of benzene rings is 3. The van der Waals surface area contributed by atoms with Crippen LogP contribution in [-0.2, 0) is 10.0 Å². The second-order valence-electron chi connectivity index (χ2n) is 6.72. The number of hydrogen-bond acceptors (Lipinski definition) is 4. The first-order valence-electron chi connectivity index (χ1n) is 9.51. The molecule has 0 radical (unpaired) electrons. The molecule has 33 heavy (non-hydrogen) atoms. The number of anilines is 2. The van der Waals surface area contributed by atoms with Gasteiger partial charge < -0.3 is 10.1 Å². The third kappa shape index (κ3) is 5.15. The summed E-state index contributed by atoms with van der Waals surface area (Å²) in [6, 6.07) is 13.0. The molecule has 0 heterocycles. The average Bonchev–Trinajstić information content (AvgIpc) is 2.79. The molecule has 1 amide bonds. The molecule has 10 heteroatoms. The summed E-state index contributed by atoms with van der Waals surface area (Å²) in [4.78, 5) is 12.5. The number of hydrogen-bond donors (Lipinski definition) is 1. The number of para-hydroxylation sites is 2. The summed E-state index contributed by atoms with van der Waals surface area (Å²) in [6.07, 6.45) is 1.41. The van der Waals surface area contributed by atoms with Crippen molar-refractivity contribution in [3.8, 4) is 5.75 Å². The van der Waals surface area contributed by atoms with Crippen LogP contribution in [0, 0.1) is 11.6 Å². The van der Waals surface area contributed by atoms with E-state index >= 15 is 0 Å². The largest absolute Gasteiger partial charge is 0.495 e. The number of nitrogens with one attached hydrogen (secondary N) is 1. The standard InChI is InChI=1S/C23H19ClF2N2O4S/c1-3-12-28(21-6-4-5-7-22(21)32-2)33(30,31)16-9-10-18(24)17(14-16)23(29)27-15-8-11-19(25)20(26)13-15/h3-11,13-14H,1,12H2,2H3,(H,27,29). The summed E-state index contributed by atoms with van der Waals surface area (Å²) in [5, 5.41) is 2.35. The molecule has 3 aromatic carbocycles. The zero-order valence-electron chi connectivity index (χ0n) is 17.4. The molecule has 0 bridgehead atoms. The van der Waals surface area contributed by atoms with Crippen molar-refractivity contribution in [1.82, 2.24) is 0 Å². The fourth-order valence-electron chi connectivity index (χ4n) is 3.02. The SMILES string of the molecule is C=CCN(c1ccccc1OC)S(=O)(=O)c1ccc(Cl)c(C(=O)Nc2ccc(F)c(F)c2)c1. The molecule has 0 saturated heterocycles. The lowest BCUT2D eigenvalue weighted by atomic mass is 10.2. The quantitative estimate of drug-likeness (QED) is 0.435. The Bertz CT molecular complexity index is 1320. The van der Waals surface area contributed by atoms with Crippen LogP contribution in [0.5, 0.6) is 5.75 Å². The van der Waals surface area contributed by atoms with Crippen molar-refractivity contribution in [2.24, 2.45) is 0 Å². The van der Waals surface area contributed by atoms with Crippen molar-refractivity contribution in [1.29, 1.82) is 0 Å². The van der Waals surface area contributed by atoms with Crippen molar-refractivity contribution in [3.63, 3.8) is 0 Å². The summed E-state index contributed by atoms with van der Waals surface area (Å²) in [6.45, 7) is 3.55. The molecule has 0 spiro atoms. The number of sulfonamides is 1. The van der Waals surface area contributed by atoms with Crippen molar-refractivity contribution in [3.05, 3.63) is 95.5 Å². The maximum Gasteiger partial charge on any atom is 0.264 e. The molecule has 0 aliphatic heterocycles. The summed E-state index contributed by atoms with van der Waals surface area (Å²) in [5.74, 6) is -2.69. The predicted molar refractivity (Wildman–Crippen MR) is 123 cm³/mol. The Morgan fingerprint density at radius 2 is 1.85 bits per heavy atom. The Morgan fingerprint density at radius 3 is 2.52 bits per heavy atom. The highest BCUT2D eigenvalue weighted by Crippen LogP contribution is 2.33. The number of carbonyl (C=O) groups excluding carboxylic acids is 1. The number of halogens is 3. The molecule has 0 fully saturated rings. The van der Waals surface area contributed by atoms with Gasteiger partial charge in [0.2, 0.25) is 0 Å². The van der Waals surface area contributed by atoms with Crippen LogP contribution in [-0.4, -0.2) is 28.0 Å². The molecule has 0 saturated carbocycles. The summed E-state index contributed by atoms with van der Waals surface area (Å²) in [5.41, 5.74) is 0.0919. The molecule has 0 aliphatic rings. The van der Waals surface area contributed by atoms with E-state index in [1.807, 2.05) is 0 Å². The molecule has 0 aliphatic carbocycles. The molecule has 3 rings (SSSR count). The maximum atomic E-state index is 13.5. The van der Waals surface area contributed by atoms with E-state index in [4.69, 9.17) is 16.3 Å². The highest BCUT2D eigenvalue weighted by Gasteiger charge is 2.28. The highest BCUT2D eigenvalue weighted by atomic mass is 35.5. The fourth-order valence-corrected chi connectivity index (χ4v) is 4.69. The predicted octanol–water partition coefficient (Wildman–Crippen LogP) is 5.26. The number of carbonyl (C=O) groups is 1. The lowest BCUT2D eigenvalue weighted by molar-refractivity contribution is 0.102. The van der Waals surface area contributed by atoms with Gasteiger partial charge in [-0.25, -0.2) is 17.2 Å². The van der Waals surface area contributed by atoms with E-state index in [0.717, 1.165) is 28.6 Å². The third-order valence-corrected chi connectivity index (χ3v) is 6.70. The number of methoxy groups -OCH3 is 1. The van der Waals surface area contributed by atoms with Crippen molar-refractivity contribution in [2.45, 2.75) is 4.90 Å². The van der Waals surface area contributed by atoms with Crippen molar-refractivity contribution >= 4 is 38.9 Å². The fraction of sp³-hybridized carbons (Fsp3) is 0.0870. The van der Waals surface area contributed by atoms with Gasteiger partial charge in [-0.1, -0.05) is 29.8 Å². The second-order valence-corrected chi connectivity index (χ2v) is 8.99. The molecular weight excluding hydrogens is 474 g/mol. The van der Waals surface area contributed by atoms with Gasteiger partial charge in [-0.15, -0.1) is 6.58 Å².